The minimum absolute atomic E-state index is 0.149. The lowest BCUT2D eigenvalue weighted by Gasteiger charge is -2.14. The van der Waals surface area contributed by atoms with Gasteiger partial charge in [0.25, 0.3) is 0 Å². The molecule has 6 nitrogen and oxygen atoms in total. The number of hydrogen-bond donors (Lipinski definition) is 2. The van der Waals surface area contributed by atoms with E-state index in [1.165, 1.54) is 0 Å². The van der Waals surface area contributed by atoms with E-state index in [1.807, 2.05) is 27.7 Å². The predicted molar refractivity (Wildman–Crippen MR) is 77.3 cm³/mol. The molecular formula is C14H23N3O3. The predicted octanol–water partition coefficient (Wildman–Crippen LogP) is 2.14. The van der Waals surface area contributed by atoms with Crippen LogP contribution in [0.15, 0.2) is 0 Å². The van der Waals surface area contributed by atoms with Gasteiger partial charge in [0.2, 0.25) is 0 Å². The van der Waals surface area contributed by atoms with Crippen LogP contribution < -0.4 is 5.32 Å². The van der Waals surface area contributed by atoms with Gasteiger partial charge in [-0.2, -0.15) is 5.10 Å². The second kappa shape index (κ2) is 7.79. The van der Waals surface area contributed by atoms with Gasteiger partial charge in [0.1, 0.15) is 5.56 Å². The average molecular weight is 281 g/mol. The summed E-state index contributed by atoms with van der Waals surface area (Å²) in [6.07, 6.45) is 1.44. The molecule has 1 aromatic heterocycles. The van der Waals surface area contributed by atoms with Gasteiger partial charge in [-0.15, -0.1) is 5.10 Å². The molecular weight excluding hydrogens is 258 g/mol. The van der Waals surface area contributed by atoms with Crippen LogP contribution in [0.3, 0.4) is 0 Å². The summed E-state index contributed by atoms with van der Waals surface area (Å²) < 4.78 is 5.41. The van der Waals surface area contributed by atoms with Crippen molar-refractivity contribution in [3.8, 4) is 0 Å². The Balaban J connectivity index is 2.92. The molecule has 0 fully saturated rings. The third-order valence-electron chi connectivity index (χ3n) is 2.91. The van der Waals surface area contributed by atoms with Crippen molar-refractivity contribution in [1.82, 2.24) is 10.2 Å². The lowest BCUT2D eigenvalue weighted by atomic mass is 10.0. The summed E-state index contributed by atoms with van der Waals surface area (Å²) in [7, 11) is 0. The van der Waals surface area contributed by atoms with Crippen LogP contribution in [0, 0.1) is 0 Å². The fraction of sp³-hybridized carbons (Fsp3) is 0.643. The number of carboxylic acids is 1. The average Bonchev–Trinajstić information content (AvgIpc) is 2.41. The van der Waals surface area contributed by atoms with E-state index in [9.17, 15) is 9.90 Å². The maximum Gasteiger partial charge on any atom is 0.339 e. The zero-order chi connectivity index (χ0) is 15.1. The van der Waals surface area contributed by atoms with Crippen molar-refractivity contribution in [2.24, 2.45) is 0 Å². The summed E-state index contributed by atoms with van der Waals surface area (Å²) in [4.78, 5) is 11.5. The number of aromatic nitrogens is 2. The number of carbonyl (C=O) groups is 1. The van der Waals surface area contributed by atoms with E-state index in [1.54, 1.807) is 0 Å². The molecule has 0 saturated carbocycles. The fourth-order valence-corrected chi connectivity index (χ4v) is 1.99. The Morgan fingerprint density at radius 2 is 2.00 bits per heavy atom. The van der Waals surface area contributed by atoms with Crippen molar-refractivity contribution in [2.75, 3.05) is 18.5 Å². The van der Waals surface area contributed by atoms with Crippen LogP contribution in [0.5, 0.6) is 0 Å². The summed E-state index contributed by atoms with van der Waals surface area (Å²) in [5.41, 5.74) is 1.72. The maximum atomic E-state index is 11.5. The van der Waals surface area contributed by atoms with Gasteiger partial charge in [-0.1, -0.05) is 13.8 Å². The molecule has 0 aliphatic rings. The molecule has 0 atom stereocenters. The molecule has 1 heterocycles. The van der Waals surface area contributed by atoms with E-state index in [-0.39, 0.29) is 11.7 Å². The van der Waals surface area contributed by atoms with Crippen LogP contribution in [0.2, 0.25) is 0 Å². The molecule has 1 aromatic rings. The summed E-state index contributed by atoms with van der Waals surface area (Å²) in [6.45, 7) is 8.77. The molecule has 0 saturated heterocycles. The van der Waals surface area contributed by atoms with Crippen LogP contribution in [0.1, 0.15) is 49.3 Å². The number of aryl methyl sites for hydroxylation is 1. The largest absolute Gasteiger partial charge is 0.478 e. The van der Waals surface area contributed by atoms with Crippen molar-refractivity contribution < 1.29 is 14.6 Å². The zero-order valence-corrected chi connectivity index (χ0v) is 12.6. The molecule has 2 N–H and O–H groups in total. The smallest absolute Gasteiger partial charge is 0.339 e. The highest BCUT2D eigenvalue weighted by Crippen LogP contribution is 2.20. The number of ether oxygens (including phenoxy) is 1. The number of rotatable bonds is 8. The Morgan fingerprint density at radius 3 is 2.50 bits per heavy atom. The van der Waals surface area contributed by atoms with E-state index in [2.05, 4.69) is 15.5 Å². The Hall–Kier alpha value is -1.69. The second-order valence-corrected chi connectivity index (χ2v) is 4.71. The number of hydrogen-bond acceptors (Lipinski definition) is 5. The molecule has 0 radical (unpaired) electrons. The highest BCUT2D eigenvalue weighted by atomic mass is 16.5. The first-order chi connectivity index (χ1) is 9.51. The quantitative estimate of drug-likeness (QED) is 0.710. The Kier molecular flexibility index (Phi) is 6.38. The fourth-order valence-electron chi connectivity index (χ4n) is 1.99. The van der Waals surface area contributed by atoms with Gasteiger partial charge in [0, 0.05) is 6.54 Å². The van der Waals surface area contributed by atoms with E-state index >= 15 is 0 Å². The van der Waals surface area contributed by atoms with Crippen LogP contribution in [0.25, 0.3) is 0 Å². The van der Waals surface area contributed by atoms with E-state index < -0.39 is 5.97 Å². The Labute approximate surface area is 119 Å². The first-order valence-electron chi connectivity index (χ1n) is 6.98. The van der Waals surface area contributed by atoms with Crippen LogP contribution in [-0.2, 0) is 17.6 Å². The lowest BCUT2D eigenvalue weighted by molar-refractivity contribution is 0.0695. The van der Waals surface area contributed by atoms with Gasteiger partial charge in [-0.3, -0.25) is 0 Å². The number of nitrogens with one attached hydrogen (secondary N) is 1. The summed E-state index contributed by atoms with van der Waals surface area (Å²) in [6, 6.07) is 0. The standard InChI is InChI=1S/C14H23N3O3/c1-5-10-11(6-2)16-17-13(12(10)14(18)19)15-7-8-20-9(3)4/h9H,5-8H2,1-4H3,(H,15,17)(H,18,19). The monoisotopic (exact) mass is 281 g/mol. The van der Waals surface area contributed by atoms with Gasteiger partial charge in [-0.25, -0.2) is 4.79 Å². The Morgan fingerprint density at radius 1 is 1.30 bits per heavy atom. The summed E-state index contributed by atoms with van der Waals surface area (Å²) >= 11 is 0. The SMILES string of the molecule is CCc1nnc(NCCOC(C)C)c(C(=O)O)c1CC. The highest BCUT2D eigenvalue weighted by Gasteiger charge is 2.19. The van der Waals surface area contributed by atoms with Crippen molar-refractivity contribution in [3.63, 3.8) is 0 Å². The topological polar surface area (TPSA) is 84.3 Å². The van der Waals surface area contributed by atoms with Crippen molar-refractivity contribution in [1.29, 1.82) is 0 Å². The Bertz CT molecular complexity index is 461. The molecule has 0 spiro atoms. The minimum atomic E-state index is -0.973. The normalized spacial score (nSPS) is 10.8. The van der Waals surface area contributed by atoms with E-state index in [0.717, 1.165) is 11.3 Å². The van der Waals surface area contributed by atoms with Crippen molar-refractivity contribution >= 4 is 11.8 Å². The molecule has 0 unspecified atom stereocenters. The number of anilines is 1. The van der Waals surface area contributed by atoms with Gasteiger partial charge in [0.05, 0.1) is 18.4 Å². The third-order valence-corrected chi connectivity index (χ3v) is 2.91. The van der Waals surface area contributed by atoms with Gasteiger partial charge < -0.3 is 15.2 Å². The zero-order valence-electron chi connectivity index (χ0n) is 12.6. The summed E-state index contributed by atoms with van der Waals surface area (Å²) in [5.74, 6) is -0.655. The first kappa shape index (κ1) is 16.4. The molecule has 0 aliphatic carbocycles. The highest BCUT2D eigenvalue weighted by molar-refractivity contribution is 5.95. The molecule has 6 heteroatoms. The molecule has 112 valence electrons. The minimum Gasteiger partial charge on any atom is -0.478 e. The van der Waals surface area contributed by atoms with Gasteiger partial charge >= 0.3 is 5.97 Å². The van der Waals surface area contributed by atoms with Crippen molar-refractivity contribution in [2.45, 2.75) is 46.6 Å². The van der Waals surface area contributed by atoms with Crippen LogP contribution in [0.4, 0.5) is 5.82 Å². The molecule has 1 rings (SSSR count). The molecule has 20 heavy (non-hydrogen) atoms. The van der Waals surface area contributed by atoms with Gasteiger partial charge in [0.15, 0.2) is 5.82 Å². The summed E-state index contributed by atoms with van der Waals surface area (Å²) in [5, 5.41) is 20.5. The maximum absolute atomic E-state index is 11.5. The molecule has 0 aromatic carbocycles. The second-order valence-electron chi connectivity index (χ2n) is 4.71. The lowest BCUT2D eigenvalue weighted by Crippen LogP contribution is -2.19. The van der Waals surface area contributed by atoms with E-state index in [4.69, 9.17) is 4.74 Å². The van der Waals surface area contributed by atoms with Crippen LogP contribution >= 0.6 is 0 Å². The number of nitrogens with zero attached hydrogens (tertiary/aromatic N) is 2. The first-order valence-corrected chi connectivity index (χ1v) is 6.98. The van der Waals surface area contributed by atoms with E-state index in [0.29, 0.717) is 31.8 Å². The molecule has 0 aliphatic heterocycles. The van der Waals surface area contributed by atoms with Crippen LogP contribution in [-0.4, -0.2) is 40.5 Å². The molecule has 0 amide bonds. The third kappa shape index (κ3) is 4.16. The van der Waals surface area contributed by atoms with Gasteiger partial charge in [-0.05, 0) is 32.3 Å². The number of aromatic carboxylic acids is 1. The molecule has 0 bridgehead atoms. The number of carboxylic acid groups (broad SMARTS) is 1. The van der Waals surface area contributed by atoms with Crippen molar-refractivity contribution in [3.05, 3.63) is 16.8 Å².